The highest BCUT2D eigenvalue weighted by Gasteiger charge is 2.16. The van der Waals surface area contributed by atoms with Crippen LogP contribution in [-0.2, 0) is 24.1 Å². The summed E-state index contributed by atoms with van der Waals surface area (Å²) >= 11 is 0. The van der Waals surface area contributed by atoms with E-state index in [1.807, 2.05) is 0 Å². The Morgan fingerprint density at radius 2 is 1.56 bits per heavy atom. The van der Waals surface area contributed by atoms with E-state index in [4.69, 9.17) is 0 Å². The Labute approximate surface area is 185 Å². The van der Waals surface area contributed by atoms with Crippen LogP contribution in [0.15, 0.2) is 76.4 Å². The molecule has 0 saturated heterocycles. The Kier molecular flexibility index (Phi) is 5.35. The van der Waals surface area contributed by atoms with Crippen molar-refractivity contribution in [1.82, 2.24) is 9.13 Å². The fourth-order valence-corrected chi connectivity index (χ4v) is 4.66. The van der Waals surface area contributed by atoms with Crippen LogP contribution in [0.25, 0.3) is 11.0 Å². The fourth-order valence-electron chi connectivity index (χ4n) is 3.51. The molecule has 0 bridgehead atoms. The molecule has 0 spiro atoms. The predicted molar refractivity (Wildman–Crippen MR) is 125 cm³/mol. The van der Waals surface area contributed by atoms with Crippen LogP contribution >= 0.6 is 0 Å². The maximum absolute atomic E-state index is 12.8. The van der Waals surface area contributed by atoms with E-state index >= 15 is 0 Å². The largest absolute Gasteiger partial charge is 0.328 e. The van der Waals surface area contributed by atoms with Gasteiger partial charge in [0.15, 0.2) is 0 Å². The van der Waals surface area contributed by atoms with Crippen LogP contribution in [0.2, 0.25) is 0 Å². The zero-order valence-electron chi connectivity index (χ0n) is 17.8. The number of imidazole rings is 1. The Balaban J connectivity index is 1.55. The van der Waals surface area contributed by atoms with Gasteiger partial charge < -0.3 is 5.32 Å². The maximum Gasteiger partial charge on any atom is 0.328 e. The van der Waals surface area contributed by atoms with Gasteiger partial charge in [0.2, 0.25) is 0 Å². The van der Waals surface area contributed by atoms with E-state index in [0.29, 0.717) is 28.0 Å². The molecule has 1 amide bonds. The van der Waals surface area contributed by atoms with Crippen molar-refractivity contribution in [3.8, 4) is 0 Å². The van der Waals surface area contributed by atoms with Gasteiger partial charge in [-0.2, -0.15) is 0 Å². The van der Waals surface area contributed by atoms with Crippen molar-refractivity contribution >= 4 is 38.3 Å². The van der Waals surface area contributed by atoms with Crippen LogP contribution in [0.5, 0.6) is 0 Å². The quantitative estimate of drug-likeness (QED) is 0.487. The molecule has 1 aromatic heterocycles. The number of sulfonamides is 1. The summed E-state index contributed by atoms with van der Waals surface area (Å²) in [5, 5.41) is 2.82. The zero-order chi connectivity index (χ0) is 23.0. The van der Waals surface area contributed by atoms with E-state index in [9.17, 15) is 18.0 Å². The lowest BCUT2D eigenvalue weighted by molar-refractivity contribution is 0.102. The number of hydrogen-bond donors (Lipinski definition) is 2. The molecule has 3 aromatic carbocycles. The average Bonchev–Trinajstić information content (AvgIpc) is 2.99. The Morgan fingerprint density at radius 3 is 2.25 bits per heavy atom. The summed E-state index contributed by atoms with van der Waals surface area (Å²) in [7, 11) is -0.355. The van der Waals surface area contributed by atoms with Gasteiger partial charge in [0.05, 0.1) is 21.6 Å². The lowest BCUT2D eigenvalue weighted by atomic mass is 10.1. The van der Waals surface area contributed by atoms with Gasteiger partial charge in [0, 0.05) is 25.3 Å². The van der Waals surface area contributed by atoms with Crippen molar-refractivity contribution < 1.29 is 13.2 Å². The summed E-state index contributed by atoms with van der Waals surface area (Å²) in [4.78, 5) is 25.0. The minimum absolute atomic E-state index is 0.146. The highest BCUT2D eigenvalue weighted by atomic mass is 32.2. The first-order chi connectivity index (χ1) is 15.2. The molecule has 8 nitrogen and oxygen atoms in total. The minimum Gasteiger partial charge on any atom is -0.322 e. The molecule has 32 heavy (non-hydrogen) atoms. The van der Waals surface area contributed by atoms with E-state index in [1.54, 1.807) is 80.2 Å². The van der Waals surface area contributed by atoms with Crippen molar-refractivity contribution in [2.45, 2.75) is 11.8 Å². The van der Waals surface area contributed by atoms with Crippen molar-refractivity contribution in [3.05, 3.63) is 88.3 Å². The number of nitrogens with zero attached hydrogens (tertiary/aromatic N) is 2. The molecule has 9 heteroatoms. The van der Waals surface area contributed by atoms with Gasteiger partial charge in [-0.3, -0.25) is 18.7 Å². The molecule has 2 N–H and O–H groups in total. The number of amides is 1. The maximum atomic E-state index is 12.8. The smallest absolute Gasteiger partial charge is 0.322 e. The molecule has 0 atom stereocenters. The standard InChI is InChI=1S/C23H22N4O4S/c1-15-13-16(9-11-19(15)25-32(30,31)18-7-5-4-6-8-18)22(28)24-17-10-12-20-21(14-17)27(3)23(29)26(20)2/h4-14,25H,1-3H3,(H,24,28). The number of aryl methyl sites for hydroxylation is 3. The number of anilines is 2. The van der Waals surface area contributed by atoms with Gasteiger partial charge in [-0.05, 0) is 61.0 Å². The highest BCUT2D eigenvalue weighted by molar-refractivity contribution is 7.92. The molecule has 0 fully saturated rings. The molecule has 4 aromatic rings. The first-order valence-electron chi connectivity index (χ1n) is 9.83. The van der Waals surface area contributed by atoms with Gasteiger partial charge in [0.25, 0.3) is 15.9 Å². The Hall–Kier alpha value is -3.85. The third-order valence-electron chi connectivity index (χ3n) is 5.32. The van der Waals surface area contributed by atoms with Crippen LogP contribution < -0.4 is 15.7 Å². The van der Waals surface area contributed by atoms with Crippen molar-refractivity contribution in [1.29, 1.82) is 0 Å². The lowest BCUT2D eigenvalue weighted by Crippen LogP contribution is -2.19. The van der Waals surface area contributed by atoms with Crippen molar-refractivity contribution in [2.75, 3.05) is 10.0 Å². The Morgan fingerprint density at radius 1 is 0.875 bits per heavy atom. The first kappa shape index (κ1) is 21.4. The van der Waals surface area contributed by atoms with E-state index in [-0.39, 0.29) is 16.5 Å². The molecule has 0 unspecified atom stereocenters. The Bertz CT molecular complexity index is 1500. The lowest BCUT2D eigenvalue weighted by Gasteiger charge is -2.12. The van der Waals surface area contributed by atoms with Gasteiger partial charge in [-0.15, -0.1) is 0 Å². The number of carbonyl (C=O) groups excluding carboxylic acids is 1. The van der Waals surface area contributed by atoms with Gasteiger partial charge in [-0.25, -0.2) is 13.2 Å². The van der Waals surface area contributed by atoms with Crippen LogP contribution in [0.4, 0.5) is 11.4 Å². The molecule has 0 aliphatic heterocycles. The molecule has 0 radical (unpaired) electrons. The van der Waals surface area contributed by atoms with Crippen molar-refractivity contribution in [3.63, 3.8) is 0 Å². The number of aromatic nitrogens is 2. The van der Waals surface area contributed by atoms with E-state index in [0.717, 1.165) is 5.52 Å². The average molecular weight is 451 g/mol. The van der Waals surface area contributed by atoms with Gasteiger partial charge in [0.1, 0.15) is 0 Å². The first-order valence-corrected chi connectivity index (χ1v) is 11.3. The zero-order valence-corrected chi connectivity index (χ0v) is 18.6. The van der Waals surface area contributed by atoms with E-state index < -0.39 is 10.0 Å². The predicted octanol–water partition coefficient (Wildman–Crippen LogP) is 3.24. The molecular weight excluding hydrogens is 428 g/mol. The number of fused-ring (bicyclic) bond motifs is 1. The number of nitrogens with one attached hydrogen (secondary N) is 2. The second kappa shape index (κ2) is 8.01. The molecule has 0 aliphatic rings. The van der Waals surface area contributed by atoms with E-state index in [2.05, 4.69) is 10.0 Å². The molecule has 0 saturated carbocycles. The topological polar surface area (TPSA) is 102 Å². The van der Waals surface area contributed by atoms with Crippen LogP contribution in [0.3, 0.4) is 0 Å². The molecule has 1 heterocycles. The number of rotatable bonds is 5. The summed E-state index contributed by atoms with van der Waals surface area (Å²) in [6, 6.07) is 18.1. The summed E-state index contributed by atoms with van der Waals surface area (Å²) in [6.45, 7) is 1.73. The summed E-state index contributed by atoms with van der Waals surface area (Å²) < 4.78 is 30.7. The SMILES string of the molecule is Cc1cc(C(=O)Nc2ccc3c(c2)n(C)c(=O)n3C)ccc1NS(=O)(=O)c1ccccc1. The van der Waals surface area contributed by atoms with Crippen LogP contribution in [0.1, 0.15) is 15.9 Å². The minimum atomic E-state index is -3.72. The summed E-state index contributed by atoms with van der Waals surface area (Å²) in [5.74, 6) is -0.342. The highest BCUT2D eigenvalue weighted by Crippen LogP contribution is 2.22. The fraction of sp³-hybridized carbons (Fsp3) is 0.130. The van der Waals surface area contributed by atoms with E-state index in [1.165, 1.54) is 16.7 Å². The molecule has 4 rings (SSSR count). The third kappa shape index (κ3) is 3.90. The molecule has 0 aliphatic carbocycles. The summed E-state index contributed by atoms with van der Waals surface area (Å²) in [5.41, 5.74) is 3.26. The third-order valence-corrected chi connectivity index (χ3v) is 6.70. The number of benzene rings is 3. The number of carbonyl (C=O) groups is 1. The second-order valence-corrected chi connectivity index (χ2v) is 9.19. The summed E-state index contributed by atoms with van der Waals surface area (Å²) in [6.07, 6.45) is 0. The molecule has 164 valence electrons. The van der Waals surface area contributed by atoms with Gasteiger partial charge in [-0.1, -0.05) is 18.2 Å². The number of hydrogen-bond acceptors (Lipinski definition) is 4. The van der Waals surface area contributed by atoms with Crippen LogP contribution in [-0.4, -0.2) is 23.5 Å². The monoisotopic (exact) mass is 450 g/mol. The molecular formula is C23H22N4O4S. The van der Waals surface area contributed by atoms with Crippen LogP contribution in [0, 0.1) is 6.92 Å². The normalized spacial score (nSPS) is 11.5. The van der Waals surface area contributed by atoms with Gasteiger partial charge >= 0.3 is 5.69 Å². The second-order valence-electron chi connectivity index (χ2n) is 7.51. The van der Waals surface area contributed by atoms with Crippen molar-refractivity contribution in [2.24, 2.45) is 14.1 Å².